The zero-order valence-electron chi connectivity index (χ0n) is 15.0. The number of nitrogens with one attached hydrogen (secondary N) is 2. The maximum absolute atomic E-state index is 12.3. The van der Waals surface area contributed by atoms with Gasteiger partial charge in [0.1, 0.15) is 17.4 Å². The van der Waals surface area contributed by atoms with Crippen molar-refractivity contribution in [2.75, 3.05) is 5.32 Å². The molecule has 2 amide bonds. The summed E-state index contributed by atoms with van der Waals surface area (Å²) in [5.41, 5.74) is 0.714. The fourth-order valence-electron chi connectivity index (χ4n) is 2.87. The molecule has 25 heavy (non-hydrogen) atoms. The Morgan fingerprint density at radius 3 is 3.12 bits per heavy atom. The minimum absolute atomic E-state index is 0.0492. The van der Waals surface area contributed by atoms with Crippen LogP contribution in [0.4, 0.5) is 10.5 Å². The third-order valence-corrected chi connectivity index (χ3v) is 4.30. The lowest BCUT2D eigenvalue weighted by atomic mass is 10.1. The van der Waals surface area contributed by atoms with Gasteiger partial charge in [-0.05, 0) is 38.8 Å². The van der Waals surface area contributed by atoms with Crippen LogP contribution >= 0.6 is 0 Å². The quantitative estimate of drug-likeness (QED) is 0.875. The molecule has 0 spiro atoms. The number of nitrogens with zero attached hydrogens (tertiary/aromatic N) is 3. The van der Waals surface area contributed by atoms with Crippen LogP contribution < -0.4 is 15.4 Å². The minimum Gasteiger partial charge on any atom is -0.491 e. The van der Waals surface area contributed by atoms with E-state index in [9.17, 15) is 4.79 Å². The van der Waals surface area contributed by atoms with Gasteiger partial charge in [-0.3, -0.25) is 0 Å². The molecular formula is C18H25N5O2. The Hall–Kier alpha value is -2.57. The van der Waals surface area contributed by atoms with Gasteiger partial charge in [0.2, 0.25) is 0 Å². The number of aromatic nitrogens is 3. The first-order valence-corrected chi connectivity index (χ1v) is 8.78. The van der Waals surface area contributed by atoms with E-state index in [1.807, 2.05) is 42.8 Å². The van der Waals surface area contributed by atoms with Gasteiger partial charge in [-0.15, -0.1) is 0 Å². The molecule has 1 aromatic carbocycles. The lowest BCUT2D eigenvalue weighted by Crippen LogP contribution is -2.43. The molecular weight excluding hydrogens is 318 g/mol. The molecule has 0 saturated heterocycles. The molecule has 0 saturated carbocycles. The number of carbonyl (C=O) groups excluding carboxylic acids is 1. The summed E-state index contributed by atoms with van der Waals surface area (Å²) in [6.07, 6.45) is 2.77. The van der Waals surface area contributed by atoms with Crippen molar-refractivity contribution in [1.82, 2.24) is 20.1 Å². The van der Waals surface area contributed by atoms with Gasteiger partial charge >= 0.3 is 6.03 Å². The van der Waals surface area contributed by atoms with E-state index in [0.29, 0.717) is 12.2 Å². The summed E-state index contributed by atoms with van der Waals surface area (Å²) in [6.45, 7) is 6.64. The third-order valence-electron chi connectivity index (χ3n) is 4.30. The Labute approximate surface area is 147 Å². The number of urea groups is 1. The average Bonchev–Trinajstić information content (AvgIpc) is 2.94. The number of rotatable bonds is 5. The molecule has 2 aromatic rings. The molecule has 0 fully saturated rings. The number of hydrogen-bond donors (Lipinski definition) is 2. The second-order valence-corrected chi connectivity index (χ2v) is 6.46. The summed E-state index contributed by atoms with van der Waals surface area (Å²) < 4.78 is 7.67. The number of carbonyl (C=O) groups is 1. The highest BCUT2D eigenvalue weighted by Crippen LogP contribution is 2.19. The smallest absolute Gasteiger partial charge is 0.319 e. The molecule has 0 radical (unpaired) electrons. The number of aryl methyl sites for hydroxylation is 2. The Kier molecular flexibility index (Phi) is 5.21. The zero-order chi connectivity index (χ0) is 17.8. The Balaban J connectivity index is 1.55. The van der Waals surface area contributed by atoms with E-state index >= 15 is 0 Å². The molecule has 0 bridgehead atoms. The van der Waals surface area contributed by atoms with E-state index in [-0.39, 0.29) is 18.2 Å². The number of ether oxygens (including phenoxy) is 1. The monoisotopic (exact) mass is 343 g/mol. The van der Waals surface area contributed by atoms with Gasteiger partial charge in [0.05, 0.1) is 18.7 Å². The molecule has 1 aromatic heterocycles. The average molecular weight is 343 g/mol. The van der Waals surface area contributed by atoms with E-state index in [2.05, 4.69) is 27.6 Å². The summed E-state index contributed by atoms with van der Waals surface area (Å²) in [5.74, 6) is 2.52. The highest BCUT2D eigenvalue weighted by Gasteiger charge is 2.22. The Morgan fingerprint density at radius 2 is 2.32 bits per heavy atom. The standard InChI is InChI=1S/C18H25N5O2/c1-4-12(2)25-16-7-5-6-14(10-16)20-18(24)21-15-8-9-17-19-13(3)22-23(17)11-15/h5-7,10,12,15H,4,8-9,11H2,1-3H3,(H2,20,21,24)/t12-,15+/m0/s1. The van der Waals surface area contributed by atoms with Crippen molar-refractivity contribution in [2.24, 2.45) is 0 Å². The zero-order valence-corrected chi connectivity index (χ0v) is 15.0. The second kappa shape index (κ2) is 7.55. The fraction of sp³-hybridized carbons (Fsp3) is 0.500. The lowest BCUT2D eigenvalue weighted by Gasteiger charge is -2.23. The van der Waals surface area contributed by atoms with Crippen molar-refractivity contribution in [1.29, 1.82) is 0 Å². The third kappa shape index (κ3) is 4.49. The highest BCUT2D eigenvalue weighted by molar-refractivity contribution is 5.89. The van der Waals surface area contributed by atoms with E-state index in [4.69, 9.17) is 4.74 Å². The van der Waals surface area contributed by atoms with Crippen molar-refractivity contribution in [3.8, 4) is 5.75 Å². The van der Waals surface area contributed by atoms with Gasteiger partial charge < -0.3 is 15.4 Å². The molecule has 1 aliphatic rings. The summed E-state index contributed by atoms with van der Waals surface area (Å²) in [7, 11) is 0. The van der Waals surface area contributed by atoms with Crippen molar-refractivity contribution in [3.05, 3.63) is 35.9 Å². The number of amides is 2. The first-order chi connectivity index (χ1) is 12.0. The Bertz CT molecular complexity index is 743. The van der Waals surface area contributed by atoms with E-state index in [1.54, 1.807) is 0 Å². The maximum atomic E-state index is 12.3. The normalized spacial score (nSPS) is 17.5. The molecule has 134 valence electrons. The largest absolute Gasteiger partial charge is 0.491 e. The molecule has 2 heterocycles. The van der Waals surface area contributed by atoms with Crippen LogP contribution in [0.2, 0.25) is 0 Å². The van der Waals surface area contributed by atoms with Crippen molar-refractivity contribution in [3.63, 3.8) is 0 Å². The molecule has 0 aliphatic carbocycles. The predicted molar refractivity (Wildman–Crippen MR) is 95.8 cm³/mol. The van der Waals surface area contributed by atoms with Crippen LogP contribution in [0.15, 0.2) is 24.3 Å². The SMILES string of the molecule is CC[C@H](C)Oc1cccc(NC(=O)N[C@@H]2CCc3nc(C)nn3C2)c1. The first kappa shape index (κ1) is 17.3. The van der Waals surface area contributed by atoms with Gasteiger partial charge in [-0.1, -0.05) is 13.0 Å². The molecule has 3 rings (SSSR count). The van der Waals surface area contributed by atoms with Crippen LogP contribution in [-0.4, -0.2) is 32.9 Å². The number of hydrogen-bond acceptors (Lipinski definition) is 4. The molecule has 7 nitrogen and oxygen atoms in total. The van der Waals surface area contributed by atoms with Crippen LogP contribution in [0, 0.1) is 6.92 Å². The molecule has 1 aliphatic heterocycles. The van der Waals surface area contributed by atoms with Gasteiger partial charge in [-0.2, -0.15) is 5.10 Å². The fourth-order valence-corrected chi connectivity index (χ4v) is 2.87. The Morgan fingerprint density at radius 1 is 1.48 bits per heavy atom. The van der Waals surface area contributed by atoms with Gasteiger partial charge in [0, 0.05) is 18.2 Å². The topological polar surface area (TPSA) is 81.1 Å². The van der Waals surface area contributed by atoms with Crippen molar-refractivity contribution >= 4 is 11.7 Å². The summed E-state index contributed by atoms with van der Waals surface area (Å²) in [4.78, 5) is 16.7. The van der Waals surface area contributed by atoms with E-state index < -0.39 is 0 Å². The van der Waals surface area contributed by atoms with Crippen LogP contribution in [0.3, 0.4) is 0 Å². The number of benzene rings is 1. The van der Waals surface area contributed by atoms with Gasteiger partial charge in [0.25, 0.3) is 0 Å². The lowest BCUT2D eigenvalue weighted by molar-refractivity contribution is 0.217. The minimum atomic E-state index is -0.217. The first-order valence-electron chi connectivity index (χ1n) is 8.78. The van der Waals surface area contributed by atoms with Gasteiger partial charge in [-0.25, -0.2) is 14.5 Å². The van der Waals surface area contributed by atoms with E-state index in [0.717, 1.165) is 36.7 Å². The summed E-state index contributed by atoms with van der Waals surface area (Å²) in [5, 5.41) is 10.2. The molecule has 2 atom stereocenters. The highest BCUT2D eigenvalue weighted by atomic mass is 16.5. The molecule has 7 heteroatoms. The van der Waals surface area contributed by atoms with Crippen LogP contribution in [0.1, 0.15) is 38.3 Å². The molecule has 0 unspecified atom stereocenters. The maximum Gasteiger partial charge on any atom is 0.319 e. The second-order valence-electron chi connectivity index (χ2n) is 6.46. The predicted octanol–water partition coefficient (Wildman–Crippen LogP) is 2.90. The molecule has 2 N–H and O–H groups in total. The number of anilines is 1. The van der Waals surface area contributed by atoms with Crippen molar-refractivity contribution in [2.45, 2.75) is 58.7 Å². The van der Waals surface area contributed by atoms with E-state index in [1.165, 1.54) is 0 Å². The summed E-state index contributed by atoms with van der Waals surface area (Å²) >= 11 is 0. The van der Waals surface area contributed by atoms with Crippen LogP contribution in [0.25, 0.3) is 0 Å². The van der Waals surface area contributed by atoms with Crippen LogP contribution in [0.5, 0.6) is 5.75 Å². The van der Waals surface area contributed by atoms with Crippen LogP contribution in [-0.2, 0) is 13.0 Å². The van der Waals surface area contributed by atoms with Crippen molar-refractivity contribution < 1.29 is 9.53 Å². The van der Waals surface area contributed by atoms with Gasteiger partial charge in [0.15, 0.2) is 0 Å². The summed E-state index contributed by atoms with van der Waals surface area (Å²) in [6, 6.07) is 7.29. The number of fused-ring (bicyclic) bond motifs is 1.